The second-order valence-electron chi connectivity index (χ2n) is 6.82. The lowest BCUT2D eigenvalue weighted by Crippen LogP contribution is -2.37. The third-order valence-electron chi connectivity index (χ3n) is 4.38. The average molecular weight is 264 g/mol. The molecule has 1 aromatic heterocycles. The van der Waals surface area contributed by atoms with Gasteiger partial charge in [-0.1, -0.05) is 20.8 Å². The summed E-state index contributed by atoms with van der Waals surface area (Å²) >= 11 is 0. The van der Waals surface area contributed by atoms with Crippen LogP contribution in [-0.2, 0) is 13.1 Å². The molecule has 0 atom stereocenters. The minimum Gasteiger partial charge on any atom is -0.468 e. The van der Waals surface area contributed by atoms with Crippen molar-refractivity contribution in [2.75, 3.05) is 20.1 Å². The molecule has 2 heterocycles. The van der Waals surface area contributed by atoms with E-state index in [9.17, 15) is 0 Å². The van der Waals surface area contributed by atoms with Gasteiger partial charge in [-0.25, -0.2) is 0 Å². The molecule has 0 amide bonds. The lowest BCUT2D eigenvalue weighted by atomic mass is 9.75. The molecule has 1 aliphatic heterocycles. The largest absolute Gasteiger partial charge is 0.468 e. The summed E-state index contributed by atoms with van der Waals surface area (Å²) < 4.78 is 5.63. The molecule has 0 aliphatic carbocycles. The van der Waals surface area contributed by atoms with Gasteiger partial charge in [0.2, 0.25) is 0 Å². The van der Waals surface area contributed by atoms with Gasteiger partial charge in [0.05, 0.1) is 12.8 Å². The van der Waals surface area contributed by atoms with Crippen molar-refractivity contribution in [2.24, 2.45) is 11.3 Å². The fourth-order valence-electron chi connectivity index (χ4n) is 3.01. The van der Waals surface area contributed by atoms with Crippen LogP contribution in [0.2, 0.25) is 0 Å². The van der Waals surface area contributed by atoms with E-state index in [1.807, 2.05) is 13.3 Å². The monoisotopic (exact) mass is 264 g/mol. The fraction of sp³-hybridized carbons (Fsp3) is 0.750. The van der Waals surface area contributed by atoms with Crippen LogP contribution in [-0.4, -0.2) is 25.0 Å². The number of piperidine rings is 1. The van der Waals surface area contributed by atoms with E-state index in [0.717, 1.165) is 24.8 Å². The maximum atomic E-state index is 5.63. The molecule has 1 aromatic rings. The predicted octanol–water partition coefficient (Wildman–Crippen LogP) is 3.26. The Balaban J connectivity index is 1.87. The quantitative estimate of drug-likeness (QED) is 0.905. The number of rotatable bonds is 4. The van der Waals surface area contributed by atoms with E-state index in [2.05, 4.69) is 37.1 Å². The van der Waals surface area contributed by atoms with Crippen molar-refractivity contribution in [3.8, 4) is 0 Å². The van der Waals surface area contributed by atoms with Crippen LogP contribution >= 0.6 is 0 Å². The van der Waals surface area contributed by atoms with E-state index in [4.69, 9.17) is 4.42 Å². The van der Waals surface area contributed by atoms with Gasteiger partial charge in [-0.05, 0) is 50.4 Å². The van der Waals surface area contributed by atoms with Crippen LogP contribution < -0.4 is 5.32 Å². The smallest absolute Gasteiger partial charge is 0.122 e. The molecule has 3 heteroatoms. The van der Waals surface area contributed by atoms with E-state index < -0.39 is 0 Å². The summed E-state index contributed by atoms with van der Waals surface area (Å²) in [5.74, 6) is 1.99. The highest BCUT2D eigenvalue weighted by molar-refractivity contribution is 5.16. The molecule has 0 radical (unpaired) electrons. The number of furan rings is 1. The number of nitrogens with zero attached hydrogens (tertiary/aromatic N) is 1. The van der Waals surface area contributed by atoms with Crippen LogP contribution in [0, 0.1) is 11.3 Å². The van der Waals surface area contributed by atoms with Crippen LogP contribution in [0.15, 0.2) is 16.7 Å². The van der Waals surface area contributed by atoms with Crippen LogP contribution in [0.5, 0.6) is 0 Å². The Labute approximate surface area is 117 Å². The van der Waals surface area contributed by atoms with Crippen LogP contribution in [0.3, 0.4) is 0 Å². The minimum absolute atomic E-state index is 0.452. The number of hydrogen-bond donors (Lipinski definition) is 1. The molecule has 2 rings (SSSR count). The first kappa shape index (κ1) is 14.6. The van der Waals surface area contributed by atoms with Crippen LogP contribution in [0.4, 0.5) is 0 Å². The lowest BCUT2D eigenvalue weighted by molar-refractivity contribution is 0.103. The first-order chi connectivity index (χ1) is 9.00. The molecule has 1 aliphatic rings. The van der Waals surface area contributed by atoms with Gasteiger partial charge in [-0.3, -0.25) is 4.90 Å². The van der Waals surface area contributed by atoms with Crippen molar-refractivity contribution in [3.05, 3.63) is 23.7 Å². The third-order valence-corrected chi connectivity index (χ3v) is 4.38. The summed E-state index contributed by atoms with van der Waals surface area (Å²) in [4.78, 5) is 2.53. The van der Waals surface area contributed by atoms with E-state index in [-0.39, 0.29) is 0 Å². The summed E-state index contributed by atoms with van der Waals surface area (Å²) in [7, 11) is 1.98. The first-order valence-corrected chi connectivity index (χ1v) is 7.43. The number of likely N-dealkylation sites (tertiary alicyclic amines) is 1. The van der Waals surface area contributed by atoms with Crippen molar-refractivity contribution in [1.82, 2.24) is 10.2 Å². The zero-order valence-corrected chi connectivity index (χ0v) is 12.8. The van der Waals surface area contributed by atoms with Crippen molar-refractivity contribution < 1.29 is 4.42 Å². The highest BCUT2D eigenvalue weighted by Crippen LogP contribution is 2.34. The molecule has 3 nitrogen and oxygen atoms in total. The Bertz CT molecular complexity index is 384. The first-order valence-electron chi connectivity index (χ1n) is 7.43. The molecule has 1 fully saturated rings. The zero-order valence-electron chi connectivity index (χ0n) is 12.8. The van der Waals surface area contributed by atoms with Gasteiger partial charge in [0.1, 0.15) is 5.76 Å². The Morgan fingerprint density at radius 1 is 1.32 bits per heavy atom. The molecule has 0 unspecified atom stereocenters. The molecular formula is C16H28N2O. The molecule has 1 saturated heterocycles. The van der Waals surface area contributed by atoms with Gasteiger partial charge in [-0.15, -0.1) is 0 Å². The molecular weight excluding hydrogens is 236 g/mol. The summed E-state index contributed by atoms with van der Waals surface area (Å²) in [5, 5.41) is 3.20. The van der Waals surface area contributed by atoms with Gasteiger partial charge in [-0.2, -0.15) is 0 Å². The summed E-state index contributed by atoms with van der Waals surface area (Å²) in [5.41, 5.74) is 1.74. The molecule has 1 N–H and O–H groups in total. The van der Waals surface area contributed by atoms with Gasteiger partial charge in [0.15, 0.2) is 0 Å². The van der Waals surface area contributed by atoms with Gasteiger partial charge >= 0.3 is 0 Å². The normalized spacial score (nSPS) is 18.9. The Morgan fingerprint density at radius 2 is 2.00 bits per heavy atom. The highest BCUT2D eigenvalue weighted by Gasteiger charge is 2.29. The van der Waals surface area contributed by atoms with E-state index >= 15 is 0 Å². The SMILES string of the molecule is CNCc1ccoc1CN1CCC(C(C)(C)C)CC1. The molecule has 19 heavy (non-hydrogen) atoms. The summed E-state index contributed by atoms with van der Waals surface area (Å²) in [6.07, 6.45) is 4.43. The Hall–Kier alpha value is -0.800. The third kappa shape index (κ3) is 3.83. The molecule has 0 spiro atoms. The van der Waals surface area contributed by atoms with Crippen molar-refractivity contribution in [2.45, 2.75) is 46.7 Å². The highest BCUT2D eigenvalue weighted by atomic mass is 16.3. The van der Waals surface area contributed by atoms with E-state index in [1.54, 1.807) is 0 Å². The van der Waals surface area contributed by atoms with Crippen LogP contribution in [0.25, 0.3) is 0 Å². The fourth-order valence-corrected chi connectivity index (χ4v) is 3.01. The van der Waals surface area contributed by atoms with E-state index in [1.165, 1.54) is 31.5 Å². The summed E-state index contributed by atoms with van der Waals surface area (Å²) in [6.45, 7) is 11.3. The molecule has 0 aromatic carbocycles. The maximum Gasteiger partial charge on any atom is 0.122 e. The molecule has 108 valence electrons. The summed E-state index contributed by atoms with van der Waals surface area (Å²) in [6, 6.07) is 2.08. The standard InChI is InChI=1S/C16H28N2O/c1-16(2,3)14-5-8-18(9-6-14)12-15-13(11-17-4)7-10-19-15/h7,10,14,17H,5-6,8-9,11-12H2,1-4H3. The second kappa shape index (κ2) is 6.10. The molecule has 0 saturated carbocycles. The topological polar surface area (TPSA) is 28.4 Å². The van der Waals surface area contributed by atoms with Gasteiger partial charge < -0.3 is 9.73 Å². The van der Waals surface area contributed by atoms with Crippen molar-refractivity contribution in [3.63, 3.8) is 0 Å². The minimum atomic E-state index is 0.452. The number of hydrogen-bond acceptors (Lipinski definition) is 3. The Morgan fingerprint density at radius 3 is 2.58 bits per heavy atom. The average Bonchev–Trinajstić information content (AvgIpc) is 2.77. The van der Waals surface area contributed by atoms with Crippen LogP contribution in [0.1, 0.15) is 44.9 Å². The zero-order chi connectivity index (χ0) is 13.9. The Kier molecular flexibility index (Phi) is 4.69. The number of nitrogens with one attached hydrogen (secondary N) is 1. The second-order valence-corrected chi connectivity index (χ2v) is 6.82. The lowest BCUT2D eigenvalue weighted by Gasteiger charge is -2.38. The maximum absolute atomic E-state index is 5.63. The van der Waals surface area contributed by atoms with Crippen molar-refractivity contribution in [1.29, 1.82) is 0 Å². The van der Waals surface area contributed by atoms with Gasteiger partial charge in [0, 0.05) is 12.1 Å². The molecule has 0 bridgehead atoms. The predicted molar refractivity (Wildman–Crippen MR) is 78.9 cm³/mol. The van der Waals surface area contributed by atoms with Crippen molar-refractivity contribution >= 4 is 0 Å². The van der Waals surface area contributed by atoms with E-state index in [0.29, 0.717) is 5.41 Å². The van der Waals surface area contributed by atoms with Gasteiger partial charge in [0.25, 0.3) is 0 Å².